The second-order valence-electron chi connectivity index (χ2n) is 7.14. The van der Waals surface area contributed by atoms with Gasteiger partial charge in [-0.2, -0.15) is 23.3 Å². The lowest BCUT2D eigenvalue weighted by Crippen LogP contribution is -2.42. The molecule has 11 heteroatoms. The highest BCUT2D eigenvalue weighted by Gasteiger charge is 2.31. The van der Waals surface area contributed by atoms with E-state index in [2.05, 4.69) is 15.2 Å². The lowest BCUT2D eigenvalue weighted by molar-refractivity contribution is -0.140. The number of amides is 1. The number of aryl methyl sites for hydroxylation is 1. The number of halogens is 3. The second-order valence-corrected chi connectivity index (χ2v) is 7.14. The molecule has 8 nitrogen and oxygen atoms in total. The summed E-state index contributed by atoms with van der Waals surface area (Å²) in [6.45, 7) is 1.53. The quantitative estimate of drug-likeness (QED) is 0.592. The molecule has 1 aromatic carbocycles. The SMILES string of the molecule is O=C(CCn1cccn1)N1CCO[C@@H](c2nc(Cc3cccc(C(F)(F)F)c3)no2)C1. The lowest BCUT2D eigenvalue weighted by Gasteiger charge is -2.31. The van der Waals surface area contributed by atoms with Gasteiger partial charge in [-0.1, -0.05) is 23.4 Å². The summed E-state index contributed by atoms with van der Waals surface area (Å²) in [5.74, 6) is 0.416. The number of alkyl halides is 3. The van der Waals surface area contributed by atoms with Crippen molar-refractivity contribution in [3.05, 3.63) is 65.6 Å². The molecule has 0 aliphatic carbocycles. The van der Waals surface area contributed by atoms with Crippen molar-refractivity contribution in [1.29, 1.82) is 0 Å². The van der Waals surface area contributed by atoms with Crippen LogP contribution in [0.2, 0.25) is 0 Å². The fourth-order valence-corrected chi connectivity index (χ4v) is 3.34. The molecule has 0 saturated carbocycles. The first-order chi connectivity index (χ1) is 14.9. The van der Waals surface area contributed by atoms with Crippen LogP contribution < -0.4 is 0 Å². The van der Waals surface area contributed by atoms with E-state index in [4.69, 9.17) is 9.26 Å². The van der Waals surface area contributed by atoms with Gasteiger partial charge in [-0.3, -0.25) is 9.48 Å². The molecule has 2 aromatic heterocycles. The van der Waals surface area contributed by atoms with Crippen LogP contribution >= 0.6 is 0 Å². The minimum Gasteiger partial charge on any atom is -0.365 e. The Hall–Kier alpha value is -3.21. The van der Waals surface area contributed by atoms with Crippen molar-refractivity contribution in [2.24, 2.45) is 0 Å². The summed E-state index contributed by atoms with van der Waals surface area (Å²) in [6.07, 6.45) is -1.15. The number of carbonyl (C=O) groups is 1. The third kappa shape index (κ3) is 5.29. The van der Waals surface area contributed by atoms with Crippen molar-refractivity contribution in [3.63, 3.8) is 0 Å². The number of ether oxygens (including phenoxy) is 1. The smallest absolute Gasteiger partial charge is 0.365 e. The predicted molar refractivity (Wildman–Crippen MR) is 101 cm³/mol. The molecule has 4 rings (SSSR count). The Labute approximate surface area is 175 Å². The molecule has 1 atom stereocenters. The van der Waals surface area contributed by atoms with Gasteiger partial charge in [0, 0.05) is 38.3 Å². The fraction of sp³-hybridized carbons (Fsp3) is 0.400. The summed E-state index contributed by atoms with van der Waals surface area (Å²) in [6, 6.07) is 6.78. The molecular formula is C20H20F3N5O3. The topological polar surface area (TPSA) is 86.3 Å². The number of hydrogen-bond acceptors (Lipinski definition) is 6. The number of hydrogen-bond donors (Lipinski definition) is 0. The predicted octanol–water partition coefficient (Wildman–Crippen LogP) is 2.87. The Bertz CT molecular complexity index is 1020. The van der Waals surface area contributed by atoms with Crippen LogP contribution in [0.3, 0.4) is 0 Å². The van der Waals surface area contributed by atoms with Gasteiger partial charge in [-0.15, -0.1) is 0 Å². The summed E-state index contributed by atoms with van der Waals surface area (Å²) in [7, 11) is 0. The van der Waals surface area contributed by atoms with Crippen LogP contribution in [0.4, 0.5) is 13.2 Å². The molecule has 0 radical (unpaired) electrons. The van der Waals surface area contributed by atoms with Gasteiger partial charge in [0.05, 0.1) is 18.7 Å². The van der Waals surface area contributed by atoms with E-state index in [1.54, 1.807) is 34.1 Å². The molecule has 0 N–H and O–H groups in total. The monoisotopic (exact) mass is 435 g/mol. The van der Waals surface area contributed by atoms with E-state index >= 15 is 0 Å². The maximum absolute atomic E-state index is 12.9. The molecule has 1 aliphatic rings. The number of rotatable bonds is 6. The molecule has 3 heterocycles. The Kier molecular flexibility index (Phi) is 6.03. The minimum absolute atomic E-state index is 0.0347. The third-order valence-electron chi connectivity index (χ3n) is 4.91. The van der Waals surface area contributed by atoms with Crippen molar-refractivity contribution < 1.29 is 27.2 Å². The first-order valence-corrected chi connectivity index (χ1v) is 9.74. The molecule has 3 aromatic rings. The first kappa shape index (κ1) is 21.0. The zero-order valence-electron chi connectivity index (χ0n) is 16.5. The summed E-state index contributed by atoms with van der Waals surface area (Å²) < 4.78 is 51.3. The summed E-state index contributed by atoms with van der Waals surface area (Å²) >= 11 is 0. The van der Waals surface area contributed by atoms with Crippen LogP contribution in [0.1, 0.15) is 35.4 Å². The zero-order chi connectivity index (χ0) is 21.8. The van der Waals surface area contributed by atoms with E-state index in [-0.39, 0.29) is 30.6 Å². The Morgan fingerprint density at radius 3 is 2.90 bits per heavy atom. The maximum Gasteiger partial charge on any atom is 0.416 e. The molecule has 0 spiro atoms. The van der Waals surface area contributed by atoms with Crippen molar-refractivity contribution in [2.75, 3.05) is 19.7 Å². The maximum atomic E-state index is 12.9. The first-order valence-electron chi connectivity index (χ1n) is 9.74. The molecule has 0 bridgehead atoms. The van der Waals surface area contributed by atoms with Crippen molar-refractivity contribution in [2.45, 2.75) is 31.7 Å². The third-order valence-corrected chi connectivity index (χ3v) is 4.91. The van der Waals surface area contributed by atoms with Gasteiger partial charge in [0.25, 0.3) is 5.89 Å². The molecule has 164 valence electrons. The zero-order valence-corrected chi connectivity index (χ0v) is 16.5. The van der Waals surface area contributed by atoms with Gasteiger partial charge >= 0.3 is 6.18 Å². The van der Waals surface area contributed by atoms with E-state index in [1.165, 1.54) is 6.07 Å². The Balaban J connectivity index is 1.36. The van der Waals surface area contributed by atoms with Crippen LogP contribution in [-0.4, -0.2) is 50.4 Å². The van der Waals surface area contributed by atoms with Crippen molar-refractivity contribution in [3.8, 4) is 0 Å². The summed E-state index contributed by atoms with van der Waals surface area (Å²) in [5, 5.41) is 7.93. The fourth-order valence-electron chi connectivity index (χ4n) is 3.34. The number of aromatic nitrogens is 4. The van der Waals surface area contributed by atoms with Crippen molar-refractivity contribution >= 4 is 5.91 Å². The van der Waals surface area contributed by atoms with Crippen LogP contribution in [-0.2, 0) is 28.7 Å². The molecular weight excluding hydrogens is 415 g/mol. The molecule has 1 fully saturated rings. The van der Waals surface area contributed by atoms with E-state index in [0.717, 1.165) is 12.1 Å². The molecule has 1 saturated heterocycles. The molecule has 1 amide bonds. The highest BCUT2D eigenvalue weighted by molar-refractivity contribution is 5.76. The van der Waals surface area contributed by atoms with Gasteiger partial charge in [-0.05, 0) is 17.7 Å². The Morgan fingerprint density at radius 2 is 2.13 bits per heavy atom. The average Bonchev–Trinajstić information content (AvgIpc) is 3.44. The van der Waals surface area contributed by atoms with Crippen LogP contribution in [0.15, 0.2) is 47.2 Å². The standard InChI is InChI=1S/C20H20F3N5O3/c21-20(22,23)15-4-1-3-14(11-15)12-17-25-19(31-26-17)16-13-27(9-10-30-16)18(29)5-8-28-7-2-6-24-28/h1-4,6-7,11,16H,5,8-10,12-13H2/t16-/m1/s1. The van der Waals surface area contributed by atoms with Crippen LogP contribution in [0.25, 0.3) is 0 Å². The summed E-state index contributed by atoms with van der Waals surface area (Å²) in [4.78, 5) is 18.4. The number of nitrogens with zero attached hydrogens (tertiary/aromatic N) is 5. The minimum atomic E-state index is -4.41. The average molecular weight is 435 g/mol. The van der Waals surface area contributed by atoms with E-state index in [0.29, 0.717) is 31.7 Å². The van der Waals surface area contributed by atoms with Crippen molar-refractivity contribution in [1.82, 2.24) is 24.8 Å². The lowest BCUT2D eigenvalue weighted by atomic mass is 10.1. The number of morpholine rings is 1. The summed E-state index contributed by atoms with van der Waals surface area (Å²) in [5.41, 5.74) is -0.309. The van der Waals surface area contributed by atoms with Crippen LogP contribution in [0, 0.1) is 0 Å². The van der Waals surface area contributed by atoms with Gasteiger partial charge in [0.15, 0.2) is 11.9 Å². The molecule has 1 aliphatic heterocycles. The number of carbonyl (C=O) groups excluding carboxylic acids is 1. The highest BCUT2D eigenvalue weighted by atomic mass is 19.4. The Morgan fingerprint density at radius 1 is 1.26 bits per heavy atom. The van der Waals surface area contributed by atoms with Crippen LogP contribution in [0.5, 0.6) is 0 Å². The van der Waals surface area contributed by atoms with E-state index < -0.39 is 17.8 Å². The largest absolute Gasteiger partial charge is 0.416 e. The van der Waals surface area contributed by atoms with Gasteiger partial charge in [0.2, 0.25) is 5.91 Å². The normalized spacial score (nSPS) is 17.1. The van der Waals surface area contributed by atoms with E-state index in [9.17, 15) is 18.0 Å². The van der Waals surface area contributed by atoms with Gasteiger partial charge in [0.1, 0.15) is 0 Å². The number of benzene rings is 1. The highest BCUT2D eigenvalue weighted by Crippen LogP contribution is 2.30. The molecule has 31 heavy (non-hydrogen) atoms. The van der Waals surface area contributed by atoms with Gasteiger partial charge in [-0.25, -0.2) is 0 Å². The second kappa shape index (κ2) is 8.88. The van der Waals surface area contributed by atoms with Gasteiger partial charge < -0.3 is 14.2 Å². The molecule has 0 unspecified atom stereocenters. The van der Waals surface area contributed by atoms with E-state index in [1.807, 2.05) is 0 Å².